The van der Waals surface area contributed by atoms with Crippen LogP contribution >= 0.6 is 0 Å². The zero-order valence-electron chi connectivity index (χ0n) is 14.8. The number of rotatable bonds is 4. The van der Waals surface area contributed by atoms with Crippen molar-refractivity contribution in [2.24, 2.45) is 0 Å². The zero-order valence-corrected chi connectivity index (χ0v) is 14.8. The third-order valence-corrected chi connectivity index (χ3v) is 4.46. The number of carbonyl (C=O) groups excluding carboxylic acids is 1. The van der Waals surface area contributed by atoms with E-state index in [-0.39, 0.29) is 23.8 Å². The van der Waals surface area contributed by atoms with Gasteiger partial charge in [-0.25, -0.2) is 0 Å². The summed E-state index contributed by atoms with van der Waals surface area (Å²) in [5.74, 6) is -0.00409. The van der Waals surface area contributed by atoms with Crippen molar-refractivity contribution >= 4 is 22.5 Å². The monoisotopic (exact) mass is 358 g/mol. The average Bonchev–Trinajstić information content (AvgIpc) is 3.20. The number of aromatic nitrogens is 1. The second-order valence-corrected chi connectivity index (χ2v) is 6.41. The standard InChI is InChI=1S/C22H18N2O3/c1-15-9-10-18-16(13-21(25)23-19(18)12-15)14-24(17-6-3-2-4-7-17)22(26)20-8-5-11-27-20/h2-13H,14H2,1H3,(H,23,25). The maximum absolute atomic E-state index is 13.0. The maximum atomic E-state index is 13.0. The lowest BCUT2D eigenvalue weighted by atomic mass is 10.1. The van der Waals surface area contributed by atoms with Crippen LogP contribution in [0.25, 0.3) is 10.9 Å². The van der Waals surface area contributed by atoms with Crippen molar-refractivity contribution in [1.82, 2.24) is 4.98 Å². The molecule has 27 heavy (non-hydrogen) atoms. The van der Waals surface area contributed by atoms with E-state index >= 15 is 0 Å². The number of hydrogen-bond acceptors (Lipinski definition) is 3. The van der Waals surface area contributed by atoms with Crippen molar-refractivity contribution < 1.29 is 9.21 Å². The number of nitrogens with one attached hydrogen (secondary N) is 1. The van der Waals surface area contributed by atoms with E-state index < -0.39 is 0 Å². The topological polar surface area (TPSA) is 66.3 Å². The van der Waals surface area contributed by atoms with Crippen molar-refractivity contribution in [2.75, 3.05) is 4.90 Å². The number of amides is 1. The summed E-state index contributed by atoms with van der Waals surface area (Å²) in [6.45, 7) is 2.23. The van der Waals surface area contributed by atoms with Crippen molar-refractivity contribution in [3.63, 3.8) is 0 Å². The molecule has 0 spiro atoms. The van der Waals surface area contributed by atoms with Gasteiger partial charge in [0.1, 0.15) is 0 Å². The van der Waals surface area contributed by atoms with Crippen LogP contribution in [0.15, 0.2) is 82.2 Å². The van der Waals surface area contributed by atoms with E-state index in [2.05, 4.69) is 4.98 Å². The number of anilines is 1. The fraction of sp³-hybridized carbons (Fsp3) is 0.0909. The predicted molar refractivity (Wildman–Crippen MR) is 105 cm³/mol. The summed E-state index contributed by atoms with van der Waals surface area (Å²) in [5.41, 5.74) is 3.14. The van der Waals surface area contributed by atoms with E-state index in [0.29, 0.717) is 0 Å². The quantitative estimate of drug-likeness (QED) is 0.592. The molecule has 2 aromatic carbocycles. The highest BCUT2D eigenvalue weighted by Gasteiger charge is 2.21. The van der Waals surface area contributed by atoms with E-state index in [9.17, 15) is 9.59 Å². The molecule has 0 fully saturated rings. The Bertz CT molecular complexity index is 1150. The molecule has 0 radical (unpaired) electrons. The van der Waals surface area contributed by atoms with Gasteiger partial charge in [-0.15, -0.1) is 0 Å². The normalized spacial score (nSPS) is 10.9. The summed E-state index contributed by atoms with van der Waals surface area (Å²) in [7, 11) is 0. The molecule has 2 aromatic heterocycles. The van der Waals surface area contributed by atoms with Crippen LogP contribution in [0.5, 0.6) is 0 Å². The van der Waals surface area contributed by atoms with Crippen molar-refractivity contribution in [1.29, 1.82) is 0 Å². The molecule has 5 nitrogen and oxygen atoms in total. The zero-order chi connectivity index (χ0) is 18.8. The molecule has 4 aromatic rings. The minimum Gasteiger partial charge on any atom is -0.459 e. The summed E-state index contributed by atoms with van der Waals surface area (Å²) >= 11 is 0. The van der Waals surface area contributed by atoms with Gasteiger partial charge in [-0.05, 0) is 48.4 Å². The van der Waals surface area contributed by atoms with Crippen molar-refractivity contribution in [2.45, 2.75) is 13.5 Å². The van der Waals surface area contributed by atoms with Gasteiger partial charge in [-0.3, -0.25) is 9.59 Å². The summed E-state index contributed by atoms with van der Waals surface area (Å²) < 4.78 is 5.30. The van der Waals surface area contributed by atoms with E-state index in [4.69, 9.17) is 4.42 Å². The van der Waals surface area contributed by atoms with Gasteiger partial charge in [0, 0.05) is 22.7 Å². The summed E-state index contributed by atoms with van der Waals surface area (Å²) in [5, 5.41) is 0.911. The van der Waals surface area contributed by atoms with Crippen LogP contribution in [0.2, 0.25) is 0 Å². The van der Waals surface area contributed by atoms with E-state index in [0.717, 1.165) is 27.7 Å². The molecule has 5 heteroatoms. The number of aryl methyl sites for hydroxylation is 1. The highest BCUT2D eigenvalue weighted by atomic mass is 16.3. The molecule has 0 bridgehead atoms. The lowest BCUT2D eigenvalue weighted by Crippen LogP contribution is -2.30. The molecule has 134 valence electrons. The molecular weight excluding hydrogens is 340 g/mol. The first-order chi connectivity index (χ1) is 13.1. The Hall–Kier alpha value is -3.60. The minimum absolute atomic E-state index is 0.193. The number of pyridine rings is 1. The van der Waals surface area contributed by atoms with Crippen LogP contribution < -0.4 is 10.5 Å². The molecule has 0 unspecified atom stereocenters. The summed E-state index contributed by atoms with van der Waals surface area (Å²) in [6, 6.07) is 20.1. The fourth-order valence-electron chi connectivity index (χ4n) is 3.17. The molecule has 4 rings (SSSR count). The van der Waals surface area contributed by atoms with Gasteiger partial charge < -0.3 is 14.3 Å². The number of para-hydroxylation sites is 1. The van der Waals surface area contributed by atoms with Crippen LogP contribution in [0.4, 0.5) is 5.69 Å². The maximum Gasteiger partial charge on any atom is 0.294 e. The molecular formula is C22H18N2O3. The number of furan rings is 1. The Balaban J connectivity index is 1.82. The summed E-state index contributed by atoms with van der Waals surface area (Å²) in [4.78, 5) is 29.7. The molecule has 0 aliphatic rings. The first-order valence-corrected chi connectivity index (χ1v) is 8.65. The van der Waals surface area contributed by atoms with Crippen LogP contribution in [-0.4, -0.2) is 10.9 Å². The number of fused-ring (bicyclic) bond motifs is 1. The van der Waals surface area contributed by atoms with Gasteiger partial charge in [-0.2, -0.15) is 0 Å². The molecule has 1 N–H and O–H groups in total. The summed E-state index contributed by atoms with van der Waals surface area (Å²) in [6.07, 6.45) is 1.47. The largest absolute Gasteiger partial charge is 0.459 e. The molecule has 1 amide bonds. The van der Waals surface area contributed by atoms with E-state index in [1.165, 1.54) is 6.26 Å². The first-order valence-electron chi connectivity index (χ1n) is 8.65. The third-order valence-electron chi connectivity index (χ3n) is 4.46. The number of carbonyl (C=O) groups is 1. The molecule has 0 aliphatic heterocycles. The minimum atomic E-state index is -0.258. The Kier molecular flexibility index (Phi) is 4.34. The van der Waals surface area contributed by atoms with Gasteiger partial charge in [0.2, 0.25) is 5.56 Å². The average molecular weight is 358 g/mol. The number of benzene rings is 2. The molecule has 0 saturated carbocycles. The van der Waals surface area contributed by atoms with Crippen molar-refractivity contribution in [3.8, 4) is 0 Å². The first kappa shape index (κ1) is 16.8. The smallest absolute Gasteiger partial charge is 0.294 e. The second kappa shape index (κ2) is 6.96. The number of nitrogens with zero attached hydrogens (tertiary/aromatic N) is 1. The van der Waals surface area contributed by atoms with Gasteiger partial charge in [-0.1, -0.05) is 30.3 Å². The van der Waals surface area contributed by atoms with Crippen LogP contribution in [0, 0.1) is 6.92 Å². The Labute approximate surface area is 155 Å². The Morgan fingerprint density at radius 3 is 2.59 bits per heavy atom. The molecule has 2 heterocycles. The van der Waals surface area contributed by atoms with Crippen LogP contribution in [0.3, 0.4) is 0 Å². The van der Waals surface area contributed by atoms with Crippen LogP contribution in [0.1, 0.15) is 21.7 Å². The van der Waals surface area contributed by atoms with Gasteiger partial charge in [0.05, 0.1) is 12.8 Å². The third kappa shape index (κ3) is 3.40. The highest BCUT2D eigenvalue weighted by Crippen LogP contribution is 2.23. The fourth-order valence-corrected chi connectivity index (χ4v) is 3.17. The van der Waals surface area contributed by atoms with Crippen molar-refractivity contribution in [3.05, 3.63) is 100 Å². The number of aromatic amines is 1. The van der Waals surface area contributed by atoms with E-state index in [1.807, 2.05) is 55.5 Å². The van der Waals surface area contributed by atoms with Gasteiger partial charge in [0.25, 0.3) is 5.91 Å². The number of H-pyrrole nitrogens is 1. The molecule has 0 atom stereocenters. The lowest BCUT2D eigenvalue weighted by molar-refractivity contribution is 0.0958. The van der Waals surface area contributed by atoms with Gasteiger partial charge in [0.15, 0.2) is 5.76 Å². The SMILES string of the molecule is Cc1ccc2c(CN(C(=O)c3ccco3)c3ccccc3)cc(=O)[nH]c2c1. The predicted octanol–water partition coefficient (Wildman–Crippen LogP) is 4.28. The van der Waals surface area contributed by atoms with Gasteiger partial charge >= 0.3 is 0 Å². The Morgan fingerprint density at radius 1 is 1.04 bits per heavy atom. The highest BCUT2D eigenvalue weighted by molar-refractivity contribution is 6.04. The molecule has 0 aliphatic carbocycles. The van der Waals surface area contributed by atoms with E-state index in [1.54, 1.807) is 23.1 Å². The Morgan fingerprint density at radius 2 is 1.85 bits per heavy atom. The lowest BCUT2D eigenvalue weighted by Gasteiger charge is -2.22. The second-order valence-electron chi connectivity index (χ2n) is 6.41. The van der Waals surface area contributed by atoms with Crippen LogP contribution in [-0.2, 0) is 6.54 Å². The number of hydrogen-bond donors (Lipinski definition) is 1. The molecule has 0 saturated heterocycles.